The van der Waals surface area contributed by atoms with E-state index >= 15 is 0 Å². The summed E-state index contributed by atoms with van der Waals surface area (Å²) in [6, 6.07) is 7.60. The molecule has 0 aliphatic carbocycles. The van der Waals surface area contributed by atoms with Crippen molar-refractivity contribution in [1.82, 2.24) is 10.2 Å². The molecule has 2 aliphatic rings. The molecule has 2 atom stereocenters. The van der Waals surface area contributed by atoms with Gasteiger partial charge in [-0.15, -0.1) is 0 Å². The van der Waals surface area contributed by atoms with Gasteiger partial charge in [-0.3, -0.25) is 9.59 Å². The first-order valence-electron chi connectivity index (χ1n) is 9.31. The Bertz CT molecular complexity index is 694. The number of anilines is 1. The molecule has 6 heteroatoms. The van der Waals surface area contributed by atoms with Gasteiger partial charge in [0, 0.05) is 30.6 Å². The van der Waals surface area contributed by atoms with E-state index in [2.05, 4.69) is 29.4 Å². The third-order valence-corrected chi connectivity index (χ3v) is 5.84. The highest BCUT2D eigenvalue weighted by Crippen LogP contribution is 2.37. The minimum absolute atomic E-state index is 0.206. The molecule has 3 rings (SSSR count). The first-order valence-corrected chi connectivity index (χ1v) is 10.1. The Morgan fingerprint density at radius 2 is 2.04 bits per heavy atom. The van der Waals surface area contributed by atoms with Crippen molar-refractivity contribution in [2.75, 3.05) is 31.5 Å². The van der Waals surface area contributed by atoms with E-state index in [1.54, 1.807) is 0 Å². The predicted octanol–water partition coefficient (Wildman–Crippen LogP) is 3.10. The van der Waals surface area contributed by atoms with Crippen LogP contribution >= 0.6 is 11.8 Å². The Morgan fingerprint density at radius 3 is 2.81 bits per heavy atom. The largest absolute Gasteiger partial charge is 0.352 e. The third kappa shape index (κ3) is 5.11. The second-order valence-corrected chi connectivity index (χ2v) is 8.49. The smallest absolute Gasteiger partial charge is 0.262 e. The van der Waals surface area contributed by atoms with Gasteiger partial charge in [0.1, 0.15) is 0 Å². The molecule has 1 saturated heterocycles. The molecule has 2 N–H and O–H groups in total. The fourth-order valence-electron chi connectivity index (χ4n) is 3.76. The van der Waals surface area contributed by atoms with Crippen LogP contribution < -0.4 is 10.6 Å². The van der Waals surface area contributed by atoms with Crippen molar-refractivity contribution in [3.05, 3.63) is 35.2 Å². The quantitative estimate of drug-likeness (QED) is 0.615. The van der Waals surface area contributed by atoms with Crippen LogP contribution in [0.2, 0.25) is 0 Å². The molecule has 5 nitrogen and oxygen atoms in total. The van der Waals surface area contributed by atoms with Crippen LogP contribution in [0.15, 0.2) is 40.1 Å². The van der Waals surface area contributed by atoms with E-state index in [4.69, 9.17) is 0 Å². The van der Waals surface area contributed by atoms with E-state index in [-0.39, 0.29) is 11.8 Å². The van der Waals surface area contributed by atoms with Crippen molar-refractivity contribution >= 4 is 29.3 Å². The van der Waals surface area contributed by atoms with Crippen molar-refractivity contribution in [2.24, 2.45) is 11.8 Å². The molecular formula is C20H27N3O2S. The number of amides is 2. The number of nitrogens with zero attached hydrogens (tertiary/aromatic N) is 1. The van der Waals surface area contributed by atoms with Gasteiger partial charge in [0.25, 0.3) is 5.91 Å². The number of piperidine rings is 1. The van der Waals surface area contributed by atoms with Crippen LogP contribution in [0.25, 0.3) is 0 Å². The second-order valence-electron chi connectivity index (χ2n) is 7.41. The van der Waals surface area contributed by atoms with Gasteiger partial charge in [0.2, 0.25) is 5.91 Å². The number of hydrogen-bond donors (Lipinski definition) is 2. The molecular weight excluding hydrogens is 346 g/mol. The monoisotopic (exact) mass is 373 g/mol. The Kier molecular flexibility index (Phi) is 6.38. The van der Waals surface area contributed by atoms with Crippen LogP contribution in [-0.2, 0) is 9.59 Å². The van der Waals surface area contributed by atoms with Gasteiger partial charge in [-0.05, 0) is 43.4 Å². The molecule has 0 aromatic heterocycles. The lowest BCUT2D eigenvalue weighted by molar-refractivity contribution is -0.117. The lowest BCUT2D eigenvalue weighted by Gasteiger charge is -2.34. The summed E-state index contributed by atoms with van der Waals surface area (Å²) < 4.78 is 0. The molecule has 0 saturated carbocycles. The van der Waals surface area contributed by atoms with Crippen molar-refractivity contribution in [1.29, 1.82) is 0 Å². The van der Waals surface area contributed by atoms with Crippen LogP contribution in [0.1, 0.15) is 26.7 Å². The zero-order chi connectivity index (χ0) is 18.5. The zero-order valence-electron chi connectivity index (χ0n) is 15.5. The van der Waals surface area contributed by atoms with Gasteiger partial charge in [0.05, 0.1) is 10.6 Å². The Labute approximate surface area is 159 Å². The van der Waals surface area contributed by atoms with Gasteiger partial charge in [-0.25, -0.2) is 0 Å². The first-order chi connectivity index (χ1) is 12.5. The average molecular weight is 374 g/mol. The van der Waals surface area contributed by atoms with Crippen molar-refractivity contribution in [3.8, 4) is 0 Å². The van der Waals surface area contributed by atoms with E-state index < -0.39 is 0 Å². The average Bonchev–Trinajstić information content (AvgIpc) is 2.58. The number of nitrogens with one attached hydrogen (secondary N) is 2. The van der Waals surface area contributed by atoms with Crippen LogP contribution in [0.5, 0.6) is 0 Å². The molecule has 2 unspecified atom stereocenters. The van der Waals surface area contributed by atoms with Gasteiger partial charge in [0.15, 0.2) is 0 Å². The van der Waals surface area contributed by atoms with Crippen molar-refractivity contribution in [2.45, 2.75) is 31.6 Å². The van der Waals surface area contributed by atoms with Crippen molar-refractivity contribution < 1.29 is 9.59 Å². The SMILES string of the molecule is CC1CC(C)CN(CCCNC(=O)/C=C2\Sc3ccccc3NC2=O)C1. The third-order valence-electron chi connectivity index (χ3n) is 4.74. The molecule has 2 amide bonds. The number of rotatable bonds is 5. The summed E-state index contributed by atoms with van der Waals surface area (Å²) in [5.41, 5.74) is 0.796. The fourth-order valence-corrected chi connectivity index (χ4v) is 4.68. The number of para-hydroxylation sites is 1. The molecule has 2 aliphatic heterocycles. The summed E-state index contributed by atoms with van der Waals surface area (Å²) in [7, 11) is 0. The summed E-state index contributed by atoms with van der Waals surface area (Å²) in [5.74, 6) is 1.08. The Hall–Kier alpha value is -1.79. The highest BCUT2D eigenvalue weighted by Gasteiger charge is 2.22. The standard InChI is InChI=1S/C20H27N3O2S/c1-14-10-15(2)13-23(12-14)9-5-8-21-19(24)11-18-20(25)22-16-6-3-4-7-17(16)26-18/h3-4,6-7,11,14-15H,5,8-10,12-13H2,1-2H3,(H,21,24)(H,22,25)/b18-11-. The minimum Gasteiger partial charge on any atom is -0.352 e. The highest BCUT2D eigenvalue weighted by atomic mass is 32.2. The van der Waals surface area contributed by atoms with Gasteiger partial charge >= 0.3 is 0 Å². The zero-order valence-corrected chi connectivity index (χ0v) is 16.3. The molecule has 26 heavy (non-hydrogen) atoms. The minimum atomic E-state index is -0.222. The number of thioether (sulfide) groups is 1. The molecule has 0 radical (unpaired) electrons. The molecule has 1 aromatic carbocycles. The maximum Gasteiger partial charge on any atom is 0.262 e. The van der Waals surface area contributed by atoms with Gasteiger partial charge in [-0.1, -0.05) is 37.7 Å². The van der Waals surface area contributed by atoms with Crippen LogP contribution in [0, 0.1) is 11.8 Å². The topological polar surface area (TPSA) is 61.4 Å². The van der Waals surface area contributed by atoms with Crippen LogP contribution in [0.3, 0.4) is 0 Å². The number of fused-ring (bicyclic) bond motifs is 1. The summed E-state index contributed by atoms with van der Waals surface area (Å²) >= 11 is 1.34. The highest BCUT2D eigenvalue weighted by molar-refractivity contribution is 8.04. The Balaban J connectivity index is 1.44. The lowest BCUT2D eigenvalue weighted by atomic mass is 9.92. The maximum absolute atomic E-state index is 12.1. The normalized spacial score (nSPS) is 24.8. The fraction of sp³-hybridized carbons (Fsp3) is 0.500. The lowest BCUT2D eigenvalue weighted by Crippen LogP contribution is -2.40. The van der Waals surface area contributed by atoms with Crippen LogP contribution in [0.4, 0.5) is 5.69 Å². The predicted molar refractivity (Wildman–Crippen MR) is 106 cm³/mol. The number of carbonyl (C=O) groups is 2. The summed E-state index contributed by atoms with van der Waals surface area (Å²) in [4.78, 5) is 28.1. The van der Waals surface area contributed by atoms with Crippen LogP contribution in [-0.4, -0.2) is 42.9 Å². The van der Waals surface area contributed by atoms with E-state index in [0.29, 0.717) is 11.4 Å². The molecule has 0 spiro atoms. The van der Waals surface area contributed by atoms with E-state index in [1.165, 1.54) is 24.3 Å². The van der Waals surface area contributed by atoms with Gasteiger partial charge < -0.3 is 15.5 Å². The molecule has 140 valence electrons. The molecule has 0 bridgehead atoms. The molecule has 1 fully saturated rings. The number of carbonyl (C=O) groups excluding carboxylic acids is 2. The first kappa shape index (κ1) is 19.0. The number of hydrogen-bond acceptors (Lipinski definition) is 4. The molecule has 1 aromatic rings. The summed E-state index contributed by atoms with van der Waals surface area (Å²) in [6.45, 7) is 8.55. The number of benzene rings is 1. The molecule has 2 heterocycles. The Morgan fingerprint density at radius 1 is 1.31 bits per heavy atom. The van der Waals surface area contributed by atoms with E-state index in [9.17, 15) is 9.59 Å². The van der Waals surface area contributed by atoms with Gasteiger partial charge in [-0.2, -0.15) is 0 Å². The maximum atomic E-state index is 12.1. The van der Waals surface area contributed by atoms with E-state index in [1.807, 2.05) is 24.3 Å². The summed E-state index contributed by atoms with van der Waals surface area (Å²) in [5, 5.41) is 5.72. The second kappa shape index (κ2) is 8.73. The number of likely N-dealkylation sites (tertiary alicyclic amines) is 1. The summed E-state index contributed by atoms with van der Waals surface area (Å²) in [6.07, 6.45) is 3.64. The van der Waals surface area contributed by atoms with E-state index in [0.717, 1.165) is 48.5 Å². The van der Waals surface area contributed by atoms with Crippen molar-refractivity contribution in [3.63, 3.8) is 0 Å².